The van der Waals surface area contributed by atoms with E-state index in [1.54, 1.807) is 31.5 Å². The van der Waals surface area contributed by atoms with Crippen molar-refractivity contribution in [3.05, 3.63) is 53.1 Å². The number of aliphatic imine (C=N–C) groups is 2. The summed E-state index contributed by atoms with van der Waals surface area (Å²) in [6.07, 6.45) is 4.61. The predicted molar refractivity (Wildman–Crippen MR) is 88.8 cm³/mol. The Bertz CT molecular complexity index is 752. The van der Waals surface area contributed by atoms with Crippen LogP contribution in [-0.2, 0) is 0 Å². The van der Waals surface area contributed by atoms with Gasteiger partial charge in [0.2, 0.25) is 0 Å². The first-order valence-electron chi connectivity index (χ1n) is 6.29. The van der Waals surface area contributed by atoms with Crippen LogP contribution < -0.4 is 5.73 Å². The van der Waals surface area contributed by atoms with Crippen LogP contribution in [0.25, 0.3) is 11.4 Å². The number of halogens is 1. The Morgan fingerprint density at radius 1 is 1.23 bits per heavy atom. The summed E-state index contributed by atoms with van der Waals surface area (Å²) in [6.45, 7) is 5.24. The van der Waals surface area contributed by atoms with Gasteiger partial charge in [-0.1, -0.05) is 11.6 Å². The maximum absolute atomic E-state index is 9.54. The fraction of sp³-hybridized carbons (Fsp3) is 0.0667. The largest absolute Gasteiger partial charge is 0.506 e. The second-order valence-electron chi connectivity index (χ2n) is 4.40. The summed E-state index contributed by atoms with van der Waals surface area (Å²) in [4.78, 5) is 16.3. The summed E-state index contributed by atoms with van der Waals surface area (Å²) in [5.41, 5.74) is 7.91. The molecule has 3 N–H and O–H groups in total. The normalized spacial score (nSPS) is 12.7. The molecule has 7 heteroatoms. The van der Waals surface area contributed by atoms with Crippen molar-refractivity contribution >= 4 is 35.5 Å². The Balaban J connectivity index is 2.71. The van der Waals surface area contributed by atoms with E-state index < -0.39 is 0 Å². The van der Waals surface area contributed by atoms with Crippen molar-refractivity contribution in [2.24, 2.45) is 15.7 Å². The fourth-order valence-electron chi connectivity index (χ4n) is 1.81. The topological polar surface area (TPSA) is 96.8 Å². The highest BCUT2D eigenvalue weighted by Gasteiger charge is 2.12. The van der Waals surface area contributed by atoms with Gasteiger partial charge in [0.15, 0.2) is 0 Å². The Morgan fingerprint density at radius 3 is 2.45 bits per heavy atom. The number of phenols is 1. The summed E-state index contributed by atoms with van der Waals surface area (Å²) in [6, 6.07) is 4.71. The van der Waals surface area contributed by atoms with Crippen LogP contribution in [0.1, 0.15) is 18.1 Å². The second kappa shape index (κ2) is 6.82. The van der Waals surface area contributed by atoms with E-state index in [-0.39, 0.29) is 10.8 Å². The standard InChI is InChI=1S/C15H14ClN5O/c1-9(17)21-15(11-6-19-8-20-7-11)14(18-2)10-3-4-13(22)12(16)5-10/h3-8,22H,2H2,1H3,(H2,17,21)/b15-14-. The minimum atomic E-state index is -0.0167. The van der Waals surface area contributed by atoms with Gasteiger partial charge >= 0.3 is 0 Å². The van der Waals surface area contributed by atoms with Crippen molar-refractivity contribution in [2.45, 2.75) is 6.92 Å². The Hall–Kier alpha value is -2.73. The number of hydrogen-bond acceptors (Lipinski definition) is 5. The summed E-state index contributed by atoms with van der Waals surface area (Å²) in [5, 5.41) is 9.74. The molecular weight excluding hydrogens is 302 g/mol. The van der Waals surface area contributed by atoms with Gasteiger partial charge in [-0.25, -0.2) is 15.0 Å². The lowest BCUT2D eigenvalue weighted by molar-refractivity contribution is 0.475. The number of rotatable bonds is 4. The zero-order chi connectivity index (χ0) is 16.1. The zero-order valence-corrected chi connectivity index (χ0v) is 12.6. The lowest BCUT2D eigenvalue weighted by Gasteiger charge is -2.09. The molecule has 0 fully saturated rings. The van der Waals surface area contributed by atoms with Crippen molar-refractivity contribution in [3.8, 4) is 5.75 Å². The SMILES string of the molecule is C=N/C(=C(\N=C(C)N)c1cncnc1)c1ccc(O)c(Cl)c1. The van der Waals surface area contributed by atoms with Crippen LogP contribution >= 0.6 is 11.6 Å². The van der Waals surface area contributed by atoms with Crippen molar-refractivity contribution in [3.63, 3.8) is 0 Å². The molecule has 2 rings (SSSR count). The predicted octanol–water partition coefficient (Wildman–Crippen LogP) is 2.74. The van der Waals surface area contributed by atoms with Crippen LogP contribution in [0, 0.1) is 0 Å². The molecule has 1 heterocycles. The Labute approximate surface area is 132 Å². The molecule has 6 nitrogen and oxygen atoms in total. The minimum absolute atomic E-state index is 0.0167. The minimum Gasteiger partial charge on any atom is -0.506 e. The number of hydrogen-bond donors (Lipinski definition) is 2. The monoisotopic (exact) mass is 315 g/mol. The third-order valence-corrected chi connectivity index (χ3v) is 3.03. The van der Waals surface area contributed by atoms with Crippen molar-refractivity contribution < 1.29 is 5.11 Å². The highest BCUT2D eigenvalue weighted by atomic mass is 35.5. The third-order valence-electron chi connectivity index (χ3n) is 2.73. The number of aromatic hydroxyl groups is 1. The smallest absolute Gasteiger partial charge is 0.134 e. The van der Waals surface area contributed by atoms with E-state index in [0.717, 1.165) is 0 Å². The van der Waals surface area contributed by atoms with Gasteiger partial charge in [0.1, 0.15) is 17.8 Å². The van der Waals surface area contributed by atoms with E-state index >= 15 is 0 Å². The summed E-state index contributed by atoms with van der Waals surface area (Å²) < 4.78 is 0. The zero-order valence-electron chi connectivity index (χ0n) is 11.9. The van der Waals surface area contributed by atoms with Crippen LogP contribution in [0.4, 0.5) is 0 Å². The lowest BCUT2D eigenvalue weighted by Crippen LogP contribution is -2.06. The molecule has 0 aliphatic rings. The Kier molecular flexibility index (Phi) is 4.85. The molecular formula is C15H14ClN5O. The summed E-state index contributed by atoms with van der Waals surface area (Å²) in [5.74, 6) is 0.335. The molecule has 1 aromatic carbocycles. The van der Waals surface area contributed by atoms with Crippen LogP contribution in [0.2, 0.25) is 5.02 Å². The number of aromatic nitrogens is 2. The molecule has 0 amide bonds. The van der Waals surface area contributed by atoms with Crippen LogP contribution in [0.15, 0.2) is 46.9 Å². The van der Waals surface area contributed by atoms with E-state index in [1.807, 2.05) is 0 Å². The molecule has 0 saturated heterocycles. The maximum atomic E-state index is 9.54. The number of phenolic OH excluding ortho intramolecular Hbond substituents is 1. The van der Waals surface area contributed by atoms with Crippen LogP contribution in [-0.4, -0.2) is 27.6 Å². The highest BCUT2D eigenvalue weighted by molar-refractivity contribution is 6.32. The van der Waals surface area contributed by atoms with E-state index in [4.69, 9.17) is 17.3 Å². The molecule has 0 aliphatic heterocycles. The van der Waals surface area contributed by atoms with Gasteiger partial charge in [-0.15, -0.1) is 0 Å². The molecule has 0 atom stereocenters. The average molecular weight is 316 g/mol. The molecule has 0 saturated carbocycles. The average Bonchev–Trinajstić information content (AvgIpc) is 2.51. The van der Waals surface area contributed by atoms with Gasteiger partial charge in [0.05, 0.1) is 16.6 Å². The van der Waals surface area contributed by atoms with Crippen LogP contribution in [0.5, 0.6) is 5.75 Å². The van der Waals surface area contributed by atoms with Gasteiger partial charge in [-0.2, -0.15) is 0 Å². The molecule has 112 valence electrons. The van der Waals surface area contributed by atoms with Gasteiger partial charge in [0, 0.05) is 23.5 Å². The molecule has 22 heavy (non-hydrogen) atoms. The highest BCUT2D eigenvalue weighted by Crippen LogP contribution is 2.32. The lowest BCUT2D eigenvalue weighted by atomic mass is 10.1. The summed E-state index contributed by atoms with van der Waals surface area (Å²) in [7, 11) is 0. The summed E-state index contributed by atoms with van der Waals surface area (Å²) >= 11 is 5.95. The van der Waals surface area contributed by atoms with Crippen molar-refractivity contribution in [2.75, 3.05) is 0 Å². The first-order chi connectivity index (χ1) is 10.5. The van der Waals surface area contributed by atoms with Crippen molar-refractivity contribution in [1.82, 2.24) is 9.97 Å². The maximum Gasteiger partial charge on any atom is 0.134 e. The molecule has 0 bridgehead atoms. The molecule has 0 radical (unpaired) electrons. The van der Waals surface area contributed by atoms with E-state index in [2.05, 4.69) is 26.7 Å². The molecule has 0 spiro atoms. The van der Waals surface area contributed by atoms with Gasteiger partial charge in [-0.05, 0) is 31.8 Å². The second-order valence-corrected chi connectivity index (χ2v) is 4.81. The fourth-order valence-corrected chi connectivity index (χ4v) is 1.99. The number of benzene rings is 1. The van der Waals surface area contributed by atoms with Gasteiger partial charge < -0.3 is 10.8 Å². The van der Waals surface area contributed by atoms with Gasteiger partial charge in [-0.3, -0.25) is 4.99 Å². The molecule has 0 unspecified atom stereocenters. The molecule has 0 aliphatic carbocycles. The van der Waals surface area contributed by atoms with E-state index in [9.17, 15) is 5.11 Å². The van der Waals surface area contributed by atoms with Crippen LogP contribution in [0.3, 0.4) is 0 Å². The number of amidine groups is 1. The molecule has 1 aromatic heterocycles. The Morgan fingerprint density at radius 2 is 1.91 bits per heavy atom. The third kappa shape index (κ3) is 3.48. The first kappa shape index (κ1) is 15.7. The van der Waals surface area contributed by atoms with E-state index in [0.29, 0.717) is 28.4 Å². The first-order valence-corrected chi connectivity index (χ1v) is 6.66. The van der Waals surface area contributed by atoms with Gasteiger partial charge in [0.25, 0.3) is 0 Å². The van der Waals surface area contributed by atoms with Crippen molar-refractivity contribution in [1.29, 1.82) is 0 Å². The number of nitrogens with zero attached hydrogens (tertiary/aromatic N) is 4. The molecule has 2 aromatic rings. The quantitative estimate of drug-likeness (QED) is 0.669. The number of nitrogens with two attached hydrogens (primary N) is 1. The van der Waals surface area contributed by atoms with E-state index in [1.165, 1.54) is 12.4 Å².